The van der Waals surface area contributed by atoms with Gasteiger partial charge in [0.2, 0.25) is 0 Å². The van der Waals surface area contributed by atoms with E-state index < -0.39 is 23.5 Å². The minimum Gasteiger partial charge on any atom is -0.329 e. The van der Waals surface area contributed by atoms with Crippen LogP contribution in [0.4, 0.5) is 17.6 Å². The molecule has 18 heavy (non-hydrogen) atoms. The van der Waals surface area contributed by atoms with E-state index in [0.717, 1.165) is 6.07 Å². The number of carbonyl (C=O) groups is 1. The van der Waals surface area contributed by atoms with Crippen LogP contribution in [-0.2, 0) is 17.8 Å². The molecule has 0 spiro atoms. The zero-order chi connectivity index (χ0) is 13.5. The predicted molar refractivity (Wildman–Crippen MR) is 52.2 cm³/mol. The maximum atomic E-state index is 12.9. The van der Waals surface area contributed by atoms with E-state index in [4.69, 9.17) is 0 Å². The van der Waals surface area contributed by atoms with Gasteiger partial charge in [0.15, 0.2) is 5.82 Å². The van der Waals surface area contributed by atoms with Crippen molar-refractivity contribution in [2.75, 3.05) is 6.54 Å². The van der Waals surface area contributed by atoms with Gasteiger partial charge in [-0.05, 0) is 18.1 Å². The second-order valence-corrected chi connectivity index (χ2v) is 3.92. The Bertz CT molecular complexity index is 550. The van der Waals surface area contributed by atoms with Crippen LogP contribution in [0.1, 0.15) is 11.3 Å². The van der Waals surface area contributed by atoms with Crippen molar-refractivity contribution in [2.24, 2.45) is 0 Å². The fourth-order valence-electron chi connectivity index (χ4n) is 1.82. The van der Waals surface area contributed by atoms with Crippen molar-refractivity contribution >= 4 is 5.91 Å². The first kappa shape index (κ1) is 12.6. The molecule has 1 aliphatic rings. The minimum absolute atomic E-state index is 0.0743. The van der Waals surface area contributed by atoms with Crippen LogP contribution in [-0.4, -0.2) is 28.5 Å². The maximum absolute atomic E-state index is 12.9. The smallest absolute Gasteiger partial charge is 0.329 e. The summed E-state index contributed by atoms with van der Waals surface area (Å²) in [4.78, 5) is 24.7. The van der Waals surface area contributed by atoms with E-state index in [-0.39, 0.29) is 25.2 Å². The number of rotatable bonds is 0. The number of aromatic nitrogens is 1. The first-order valence-electron chi connectivity index (χ1n) is 5.05. The summed E-state index contributed by atoms with van der Waals surface area (Å²) >= 11 is 0. The van der Waals surface area contributed by atoms with E-state index in [0.29, 0.717) is 10.5 Å². The van der Waals surface area contributed by atoms with Gasteiger partial charge >= 0.3 is 12.1 Å². The number of hydrogen-bond acceptors (Lipinski definition) is 2. The molecule has 0 unspecified atom stereocenters. The second-order valence-electron chi connectivity index (χ2n) is 3.92. The topological polar surface area (TPSA) is 53.2 Å². The third-order valence-electron chi connectivity index (χ3n) is 2.70. The summed E-state index contributed by atoms with van der Waals surface area (Å²) in [5.41, 5.74) is -0.446. The average Bonchev–Trinajstić information content (AvgIpc) is 2.28. The van der Waals surface area contributed by atoms with Gasteiger partial charge in [0.05, 0.1) is 6.54 Å². The lowest BCUT2D eigenvalue weighted by Gasteiger charge is -2.28. The zero-order valence-corrected chi connectivity index (χ0v) is 8.97. The van der Waals surface area contributed by atoms with Crippen LogP contribution < -0.4 is 5.56 Å². The summed E-state index contributed by atoms with van der Waals surface area (Å²) < 4.78 is 49.6. The highest BCUT2D eigenvalue weighted by molar-refractivity contribution is 5.82. The third-order valence-corrected chi connectivity index (χ3v) is 2.70. The quantitative estimate of drug-likeness (QED) is 0.710. The van der Waals surface area contributed by atoms with Gasteiger partial charge in [0.1, 0.15) is 0 Å². The summed E-state index contributed by atoms with van der Waals surface area (Å²) in [6.45, 7) is -0.528. The van der Waals surface area contributed by atoms with Crippen LogP contribution in [0.5, 0.6) is 0 Å². The SMILES string of the molecule is O=C(N1CCc2cc(F)c(=O)[nH]c2C1)C(F)(F)F. The van der Waals surface area contributed by atoms with E-state index in [2.05, 4.69) is 4.98 Å². The molecule has 0 aliphatic carbocycles. The Balaban J connectivity index is 2.28. The molecule has 8 heteroatoms. The van der Waals surface area contributed by atoms with E-state index in [9.17, 15) is 27.2 Å². The number of fused-ring (bicyclic) bond motifs is 1. The summed E-state index contributed by atoms with van der Waals surface area (Å²) in [6, 6.07) is 0.990. The molecule has 4 nitrogen and oxygen atoms in total. The molecule has 2 heterocycles. The van der Waals surface area contributed by atoms with Gasteiger partial charge < -0.3 is 9.88 Å². The summed E-state index contributed by atoms with van der Waals surface area (Å²) in [7, 11) is 0. The first-order chi connectivity index (χ1) is 8.29. The molecule has 0 bridgehead atoms. The van der Waals surface area contributed by atoms with Crippen molar-refractivity contribution in [3.8, 4) is 0 Å². The van der Waals surface area contributed by atoms with Crippen molar-refractivity contribution in [3.05, 3.63) is 33.5 Å². The van der Waals surface area contributed by atoms with Crippen LogP contribution >= 0.6 is 0 Å². The number of carbonyl (C=O) groups excluding carboxylic acids is 1. The normalized spacial score (nSPS) is 15.4. The molecule has 1 aliphatic heterocycles. The van der Waals surface area contributed by atoms with E-state index >= 15 is 0 Å². The number of nitrogens with zero attached hydrogens (tertiary/aromatic N) is 1. The molecule has 98 valence electrons. The molecule has 1 N–H and O–H groups in total. The van der Waals surface area contributed by atoms with Gasteiger partial charge in [-0.2, -0.15) is 13.2 Å². The number of hydrogen-bond donors (Lipinski definition) is 1. The molecular formula is C10H8F4N2O2. The van der Waals surface area contributed by atoms with Gasteiger partial charge in [-0.25, -0.2) is 4.39 Å². The van der Waals surface area contributed by atoms with Crippen LogP contribution in [0, 0.1) is 5.82 Å². The minimum atomic E-state index is -4.95. The van der Waals surface area contributed by atoms with Crippen molar-refractivity contribution in [1.29, 1.82) is 0 Å². The number of amides is 1. The Labute approximate surface area is 98.2 Å². The number of halogens is 4. The fourth-order valence-corrected chi connectivity index (χ4v) is 1.82. The molecule has 1 aromatic heterocycles. The van der Waals surface area contributed by atoms with E-state index in [1.54, 1.807) is 0 Å². The van der Waals surface area contributed by atoms with Gasteiger partial charge in [-0.1, -0.05) is 0 Å². The van der Waals surface area contributed by atoms with Crippen molar-refractivity contribution in [1.82, 2.24) is 9.88 Å². The Kier molecular flexibility index (Phi) is 2.88. The standard InChI is InChI=1S/C10H8F4N2O2/c11-6-3-5-1-2-16(9(18)10(12,13)14)4-7(5)15-8(6)17/h3H,1-2,4H2,(H,15,17). The molecular weight excluding hydrogens is 256 g/mol. The van der Waals surface area contributed by atoms with Crippen molar-refractivity contribution < 1.29 is 22.4 Å². The van der Waals surface area contributed by atoms with Gasteiger partial charge in [-0.3, -0.25) is 9.59 Å². The molecule has 0 fully saturated rings. The number of alkyl halides is 3. The Morgan fingerprint density at radius 2 is 2.06 bits per heavy atom. The molecule has 1 aromatic rings. The Morgan fingerprint density at radius 1 is 1.39 bits per heavy atom. The van der Waals surface area contributed by atoms with E-state index in [1.807, 2.05) is 0 Å². The summed E-state index contributed by atoms with van der Waals surface area (Å²) in [6.07, 6.45) is -4.87. The molecule has 0 atom stereocenters. The van der Waals surface area contributed by atoms with Crippen molar-refractivity contribution in [2.45, 2.75) is 19.1 Å². The third kappa shape index (κ3) is 2.22. The fraction of sp³-hybridized carbons (Fsp3) is 0.400. The number of nitrogens with one attached hydrogen (secondary N) is 1. The Morgan fingerprint density at radius 3 is 2.67 bits per heavy atom. The largest absolute Gasteiger partial charge is 0.471 e. The van der Waals surface area contributed by atoms with E-state index in [1.165, 1.54) is 0 Å². The zero-order valence-electron chi connectivity index (χ0n) is 8.97. The van der Waals surface area contributed by atoms with Crippen molar-refractivity contribution in [3.63, 3.8) is 0 Å². The highest BCUT2D eigenvalue weighted by Crippen LogP contribution is 2.23. The first-order valence-corrected chi connectivity index (χ1v) is 5.05. The molecule has 0 aromatic carbocycles. The monoisotopic (exact) mass is 264 g/mol. The number of aromatic amines is 1. The summed E-state index contributed by atoms with van der Waals surface area (Å²) in [5.74, 6) is -2.94. The van der Waals surface area contributed by atoms with Crippen LogP contribution in [0.15, 0.2) is 10.9 Å². The summed E-state index contributed by atoms with van der Waals surface area (Å²) in [5, 5.41) is 0. The average molecular weight is 264 g/mol. The molecule has 1 amide bonds. The van der Waals surface area contributed by atoms with Crippen LogP contribution in [0.2, 0.25) is 0 Å². The lowest BCUT2D eigenvalue weighted by Crippen LogP contribution is -2.44. The van der Waals surface area contributed by atoms with Gasteiger partial charge in [0.25, 0.3) is 5.56 Å². The molecule has 0 saturated carbocycles. The molecule has 0 saturated heterocycles. The maximum Gasteiger partial charge on any atom is 0.471 e. The Hall–Kier alpha value is -1.86. The lowest BCUT2D eigenvalue weighted by molar-refractivity contribution is -0.186. The van der Waals surface area contributed by atoms with Crippen LogP contribution in [0.3, 0.4) is 0 Å². The second kappa shape index (κ2) is 4.11. The van der Waals surface area contributed by atoms with Gasteiger partial charge in [-0.15, -0.1) is 0 Å². The lowest BCUT2D eigenvalue weighted by atomic mass is 10.1. The highest BCUT2D eigenvalue weighted by Gasteiger charge is 2.43. The number of pyridine rings is 1. The van der Waals surface area contributed by atoms with Gasteiger partial charge in [0, 0.05) is 12.2 Å². The van der Waals surface area contributed by atoms with Crippen LogP contribution in [0.25, 0.3) is 0 Å². The predicted octanol–water partition coefficient (Wildman–Crippen LogP) is 0.961. The highest BCUT2D eigenvalue weighted by atomic mass is 19.4. The molecule has 2 rings (SSSR count). The molecule has 0 radical (unpaired) electrons. The number of H-pyrrole nitrogens is 1.